The van der Waals surface area contributed by atoms with Crippen LogP contribution < -0.4 is 10.6 Å². The molecule has 0 bridgehead atoms. The molecule has 2 amide bonds. The van der Waals surface area contributed by atoms with Crippen LogP contribution in [0.2, 0.25) is 0 Å². The van der Waals surface area contributed by atoms with Crippen LogP contribution in [0.1, 0.15) is 48.2 Å². The molecule has 1 aliphatic rings. The van der Waals surface area contributed by atoms with Crippen LogP contribution >= 0.6 is 0 Å². The third-order valence-electron chi connectivity index (χ3n) is 4.58. The fourth-order valence-electron chi connectivity index (χ4n) is 3.03. The summed E-state index contributed by atoms with van der Waals surface area (Å²) in [5.41, 5.74) is 3.05. The lowest BCUT2D eigenvalue weighted by molar-refractivity contribution is -0.124. The van der Waals surface area contributed by atoms with Crippen molar-refractivity contribution in [1.29, 1.82) is 0 Å². The number of carbonyl (C=O) groups is 2. The second-order valence-electron chi connectivity index (χ2n) is 7.11. The Morgan fingerprint density at radius 1 is 1.04 bits per heavy atom. The summed E-state index contributed by atoms with van der Waals surface area (Å²) in [6.07, 6.45) is 1.75. The van der Waals surface area contributed by atoms with E-state index in [-0.39, 0.29) is 23.3 Å². The van der Waals surface area contributed by atoms with Gasteiger partial charge in [-0.1, -0.05) is 29.8 Å². The van der Waals surface area contributed by atoms with Crippen molar-refractivity contribution in [3.05, 3.63) is 65.2 Å². The van der Waals surface area contributed by atoms with Gasteiger partial charge in [0.25, 0.3) is 5.91 Å². The molecule has 1 fully saturated rings. The normalized spacial score (nSPS) is 14.9. The number of benzene rings is 2. The first kappa shape index (κ1) is 17.2. The van der Waals surface area contributed by atoms with Crippen LogP contribution in [0.3, 0.4) is 0 Å². The first-order chi connectivity index (χ1) is 11.9. The molecule has 1 aliphatic carbocycles. The monoisotopic (exact) mass is 336 g/mol. The minimum absolute atomic E-state index is 0.0963. The Balaban J connectivity index is 1.71. The molecule has 4 heteroatoms. The van der Waals surface area contributed by atoms with Gasteiger partial charge < -0.3 is 10.6 Å². The lowest BCUT2D eigenvalue weighted by Gasteiger charge is -2.18. The summed E-state index contributed by atoms with van der Waals surface area (Å²) in [6, 6.07) is 15.2. The van der Waals surface area contributed by atoms with E-state index in [1.807, 2.05) is 63.2 Å². The predicted octanol–water partition coefficient (Wildman–Crippen LogP) is 3.80. The van der Waals surface area contributed by atoms with Gasteiger partial charge in [-0.05, 0) is 63.4 Å². The van der Waals surface area contributed by atoms with E-state index in [2.05, 4.69) is 10.6 Å². The number of carbonyl (C=O) groups excluding carboxylic acids is 2. The van der Waals surface area contributed by atoms with Crippen molar-refractivity contribution >= 4 is 17.5 Å². The molecule has 25 heavy (non-hydrogen) atoms. The van der Waals surface area contributed by atoms with Crippen LogP contribution in [0, 0.1) is 6.92 Å². The maximum atomic E-state index is 12.4. The maximum absolute atomic E-state index is 12.4. The smallest absolute Gasteiger partial charge is 0.255 e. The Morgan fingerprint density at radius 3 is 2.28 bits per heavy atom. The van der Waals surface area contributed by atoms with E-state index < -0.39 is 0 Å². The second kappa shape index (κ2) is 6.71. The van der Waals surface area contributed by atoms with Crippen molar-refractivity contribution in [2.24, 2.45) is 0 Å². The highest BCUT2D eigenvalue weighted by Crippen LogP contribution is 2.48. The standard InChI is InChI=1S/C21H24N2O2/c1-14(2)22-20(25)21(11-12-21)17-7-9-18(10-8-17)23-19(24)16-6-4-5-15(3)13-16/h4-10,13-14H,11-12H2,1-3H3,(H,22,25)(H,23,24). The molecular weight excluding hydrogens is 312 g/mol. The Hall–Kier alpha value is -2.62. The van der Waals surface area contributed by atoms with Crippen LogP contribution in [-0.2, 0) is 10.2 Å². The summed E-state index contributed by atoms with van der Waals surface area (Å²) < 4.78 is 0. The van der Waals surface area contributed by atoms with E-state index in [1.54, 1.807) is 6.07 Å². The SMILES string of the molecule is Cc1cccc(C(=O)Nc2ccc(C3(C(=O)NC(C)C)CC3)cc2)c1. The molecule has 2 N–H and O–H groups in total. The molecule has 0 radical (unpaired) electrons. The third-order valence-corrected chi connectivity index (χ3v) is 4.58. The van der Waals surface area contributed by atoms with Crippen molar-refractivity contribution in [2.45, 2.75) is 45.1 Å². The van der Waals surface area contributed by atoms with Gasteiger partial charge in [-0.3, -0.25) is 9.59 Å². The molecule has 0 aromatic heterocycles. The van der Waals surface area contributed by atoms with E-state index in [0.717, 1.165) is 29.7 Å². The van der Waals surface area contributed by atoms with Gasteiger partial charge in [0.2, 0.25) is 5.91 Å². The van der Waals surface area contributed by atoms with Crippen LogP contribution in [0.15, 0.2) is 48.5 Å². The average molecular weight is 336 g/mol. The zero-order chi connectivity index (χ0) is 18.0. The van der Waals surface area contributed by atoms with Crippen molar-refractivity contribution in [3.63, 3.8) is 0 Å². The Kier molecular flexibility index (Phi) is 4.62. The molecule has 2 aromatic carbocycles. The summed E-state index contributed by atoms with van der Waals surface area (Å²) in [5.74, 6) is -0.0332. The molecule has 0 heterocycles. The van der Waals surface area contributed by atoms with E-state index in [4.69, 9.17) is 0 Å². The van der Waals surface area contributed by atoms with Gasteiger partial charge in [0.15, 0.2) is 0 Å². The molecule has 0 unspecified atom stereocenters. The maximum Gasteiger partial charge on any atom is 0.255 e. The van der Waals surface area contributed by atoms with Gasteiger partial charge in [-0.15, -0.1) is 0 Å². The molecule has 3 rings (SSSR count). The first-order valence-electron chi connectivity index (χ1n) is 8.70. The number of aryl methyl sites for hydroxylation is 1. The molecular formula is C21H24N2O2. The molecule has 0 aliphatic heterocycles. The second-order valence-corrected chi connectivity index (χ2v) is 7.11. The number of anilines is 1. The summed E-state index contributed by atoms with van der Waals surface area (Å²) >= 11 is 0. The molecule has 1 saturated carbocycles. The predicted molar refractivity (Wildman–Crippen MR) is 99.8 cm³/mol. The zero-order valence-electron chi connectivity index (χ0n) is 14.9. The number of hydrogen-bond donors (Lipinski definition) is 2. The van der Waals surface area contributed by atoms with Gasteiger partial charge in [-0.25, -0.2) is 0 Å². The average Bonchev–Trinajstić information content (AvgIpc) is 3.37. The fourth-order valence-corrected chi connectivity index (χ4v) is 3.03. The van der Waals surface area contributed by atoms with Crippen LogP contribution in [0.4, 0.5) is 5.69 Å². The molecule has 0 atom stereocenters. The highest BCUT2D eigenvalue weighted by molar-refractivity contribution is 6.04. The number of hydrogen-bond acceptors (Lipinski definition) is 2. The zero-order valence-corrected chi connectivity index (χ0v) is 14.9. The fraction of sp³-hybridized carbons (Fsp3) is 0.333. The van der Waals surface area contributed by atoms with E-state index in [1.165, 1.54) is 0 Å². The summed E-state index contributed by atoms with van der Waals surface area (Å²) in [6.45, 7) is 5.90. The number of rotatable bonds is 5. The van der Waals surface area contributed by atoms with Gasteiger partial charge in [0.1, 0.15) is 0 Å². The van der Waals surface area contributed by atoms with E-state index >= 15 is 0 Å². The van der Waals surface area contributed by atoms with Crippen molar-refractivity contribution in [3.8, 4) is 0 Å². The number of amides is 2. The minimum Gasteiger partial charge on any atom is -0.353 e. The topological polar surface area (TPSA) is 58.2 Å². The van der Waals surface area contributed by atoms with Crippen molar-refractivity contribution in [2.75, 3.05) is 5.32 Å². The molecule has 0 saturated heterocycles. The van der Waals surface area contributed by atoms with Gasteiger partial charge in [0, 0.05) is 17.3 Å². The largest absolute Gasteiger partial charge is 0.353 e. The van der Waals surface area contributed by atoms with Crippen molar-refractivity contribution < 1.29 is 9.59 Å². The molecule has 2 aromatic rings. The van der Waals surface area contributed by atoms with E-state index in [0.29, 0.717) is 5.56 Å². The molecule has 130 valence electrons. The lowest BCUT2D eigenvalue weighted by atomic mass is 9.94. The quantitative estimate of drug-likeness (QED) is 0.872. The Morgan fingerprint density at radius 2 is 1.72 bits per heavy atom. The first-order valence-corrected chi connectivity index (χ1v) is 8.70. The van der Waals surface area contributed by atoms with Gasteiger partial charge in [-0.2, -0.15) is 0 Å². The van der Waals surface area contributed by atoms with Gasteiger partial charge in [0.05, 0.1) is 5.41 Å². The Bertz CT molecular complexity index is 790. The highest BCUT2D eigenvalue weighted by atomic mass is 16.2. The molecule has 4 nitrogen and oxygen atoms in total. The summed E-state index contributed by atoms with van der Waals surface area (Å²) in [7, 11) is 0. The Labute approximate surface area is 148 Å². The summed E-state index contributed by atoms with van der Waals surface area (Å²) in [5, 5.41) is 5.92. The highest BCUT2D eigenvalue weighted by Gasteiger charge is 2.51. The molecule has 0 spiro atoms. The van der Waals surface area contributed by atoms with Crippen LogP contribution in [0.25, 0.3) is 0 Å². The number of nitrogens with one attached hydrogen (secondary N) is 2. The van der Waals surface area contributed by atoms with Crippen molar-refractivity contribution in [1.82, 2.24) is 5.32 Å². The third kappa shape index (κ3) is 3.73. The van der Waals surface area contributed by atoms with Crippen LogP contribution in [-0.4, -0.2) is 17.9 Å². The van der Waals surface area contributed by atoms with Crippen LogP contribution in [0.5, 0.6) is 0 Å². The lowest BCUT2D eigenvalue weighted by Crippen LogP contribution is -2.38. The van der Waals surface area contributed by atoms with Gasteiger partial charge >= 0.3 is 0 Å². The summed E-state index contributed by atoms with van der Waals surface area (Å²) in [4.78, 5) is 24.8. The minimum atomic E-state index is -0.386. The van der Waals surface area contributed by atoms with E-state index in [9.17, 15) is 9.59 Å².